The Morgan fingerprint density at radius 3 is 2.54 bits per heavy atom. The standard InChI is InChI=1S/C18H18BrN3OS/c1-2-11-20-18(24)22-21-12-14-5-9-17(10-6-14)23-13-15-3-7-16(19)8-4-15/h2-10,12H,1,11,13H2,(H2,20,22,24)/p+1. The molecule has 0 aliphatic rings. The SMILES string of the molecule is C=CCNC(=S)N[NH+]=Cc1ccc(OCc2ccc(Br)cc2)cc1. The molecule has 0 aliphatic carbocycles. The molecule has 0 aliphatic heterocycles. The van der Waals surface area contributed by atoms with Crippen molar-refractivity contribution in [1.82, 2.24) is 10.7 Å². The molecule has 0 unspecified atom stereocenters. The molecule has 0 radical (unpaired) electrons. The van der Waals surface area contributed by atoms with Crippen LogP contribution in [0.25, 0.3) is 0 Å². The molecule has 0 saturated carbocycles. The first-order chi connectivity index (χ1) is 11.7. The Bertz CT molecular complexity index is 699. The maximum Gasteiger partial charge on any atom is 0.224 e. The molecule has 0 heterocycles. The van der Waals surface area contributed by atoms with Crippen molar-refractivity contribution in [2.45, 2.75) is 6.61 Å². The molecule has 124 valence electrons. The van der Waals surface area contributed by atoms with Crippen molar-refractivity contribution in [2.24, 2.45) is 0 Å². The van der Waals surface area contributed by atoms with Gasteiger partial charge in [0.25, 0.3) is 0 Å². The molecule has 0 bridgehead atoms. The van der Waals surface area contributed by atoms with Crippen LogP contribution in [0.4, 0.5) is 0 Å². The summed E-state index contributed by atoms with van der Waals surface area (Å²) in [5.74, 6) is 0.825. The summed E-state index contributed by atoms with van der Waals surface area (Å²) in [6, 6.07) is 15.9. The van der Waals surface area contributed by atoms with Gasteiger partial charge < -0.3 is 10.1 Å². The maximum absolute atomic E-state index is 5.77. The molecule has 2 rings (SSSR count). The number of ether oxygens (including phenoxy) is 1. The second kappa shape index (κ2) is 9.85. The molecule has 0 atom stereocenters. The normalized spacial score (nSPS) is 10.4. The van der Waals surface area contributed by atoms with Crippen LogP contribution in [-0.2, 0) is 6.61 Å². The molecule has 24 heavy (non-hydrogen) atoms. The number of rotatable bonds is 7. The summed E-state index contributed by atoms with van der Waals surface area (Å²) in [5.41, 5.74) is 4.99. The number of hydrogen-bond donors (Lipinski definition) is 3. The van der Waals surface area contributed by atoms with E-state index in [-0.39, 0.29) is 0 Å². The monoisotopic (exact) mass is 404 g/mol. The lowest BCUT2D eigenvalue weighted by atomic mass is 10.2. The third kappa shape index (κ3) is 6.52. The van der Waals surface area contributed by atoms with Crippen LogP contribution in [0.1, 0.15) is 11.1 Å². The third-order valence-corrected chi connectivity index (χ3v) is 3.81. The van der Waals surface area contributed by atoms with E-state index in [0.29, 0.717) is 18.3 Å². The second-order valence-corrected chi connectivity index (χ2v) is 6.22. The van der Waals surface area contributed by atoms with Gasteiger partial charge in [-0.3, -0.25) is 0 Å². The summed E-state index contributed by atoms with van der Waals surface area (Å²) < 4.78 is 6.83. The highest BCUT2D eigenvalue weighted by Crippen LogP contribution is 2.15. The Balaban J connectivity index is 1.80. The molecular weight excluding hydrogens is 386 g/mol. The van der Waals surface area contributed by atoms with E-state index >= 15 is 0 Å². The van der Waals surface area contributed by atoms with Crippen molar-refractivity contribution < 1.29 is 9.84 Å². The molecule has 6 heteroatoms. The van der Waals surface area contributed by atoms with Crippen LogP contribution in [-0.4, -0.2) is 17.9 Å². The lowest BCUT2D eigenvalue weighted by Crippen LogP contribution is -2.82. The van der Waals surface area contributed by atoms with Gasteiger partial charge in [-0.25, -0.2) is 0 Å². The van der Waals surface area contributed by atoms with E-state index in [2.05, 4.69) is 38.4 Å². The number of hydrazone groups is 1. The zero-order valence-electron chi connectivity index (χ0n) is 13.1. The van der Waals surface area contributed by atoms with E-state index in [0.717, 1.165) is 21.3 Å². The van der Waals surface area contributed by atoms with Gasteiger partial charge in [-0.05, 0) is 54.2 Å². The van der Waals surface area contributed by atoms with Gasteiger partial charge in [0.1, 0.15) is 12.4 Å². The summed E-state index contributed by atoms with van der Waals surface area (Å²) in [4.78, 5) is 0. The largest absolute Gasteiger partial charge is 0.489 e. The van der Waals surface area contributed by atoms with E-state index in [1.54, 1.807) is 6.08 Å². The lowest BCUT2D eigenvalue weighted by Gasteiger charge is -2.06. The van der Waals surface area contributed by atoms with Crippen molar-refractivity contribution in [3.63, 3.8) is 0 Å². The van der Waals surface area contributed by atoms with Crippen molar-refractivity contribution in [3.8, 4) is 5.75 Å². The Morgan fingerprint density at radius 1 is 1.17 bits per heavy atom. The molecule has 0 fully saturated rings. The molecule has 2 aromatic rings. The summed E-state index contributed by atoms with van der Waals surface area (Å²) in [6.45, 7) is 4.78. The number of halogens is 1. The quantitative estimate of drug-likeness (QED) is 0.286. The van der Waals surface area contributed by atoms with Gasteiger partial charge in [-0.15, -0.1) is 17.1 Å². The Labute approximate surface area is 155 Å². The highest BCUT2D eigenvalue weighted by molar-refractivity contribution is 9.10. The summed E-state index contributed by atoms with van der Waals surface area (Å²) in [5, 5.41) is 6.41. The summed E-state index contributed by atoms with van der Waals surface area (Å²) in [7, 11) is 0. The van der Waals surface area contributed by atoms with E-state index in [1.807, 2.05) is 54.7 Å². The number of hydrogen-bond acceptors (Lipinski definition) is 2. The number of thiocarbonyl (C=S) groups is 1. The van der Waals surface area contributed by atoms with E-state index in [9.17, 15) is 0 Å². The molecule has 0 spiro atoms. The number of nitrogens with one attached hydrogen (secondary N) is 3. The van der Waals surface area contributed by atoms with Gasteiger partial charge in [0.05, 0.1) is 0 Å². The average Bonchev–Trinajstić information content (AvgIpc) is 2.60. The van der Waals surface area contributed by atoms with Gasteiger partial charge >= 0.3 is 0 Å². The lowest BCUT2D eigenvalue weighted by molar-refractivity contribution is -0.500. The van der Waals surface area contributed by atoms with Crippen molar-refractivity contribution in [2.75, 3.05) is 6.54 Å². The minimum atomic E-state index is 0.514. The van der Waals surface area contributed by atoms with Gasteiger partial charge in [-0.1, -0.05) is 34.1 Å². The second-order valence-electron chi connectivity index (χ2n) is 4.90. The van der Waals surface area contributed by atoms with Crippen molar-refractivity contribution in [1.29, 1.82) is 0 Å². The molecule has 0 aromatic heterocycles. The minimum Gasteiger partial charge on any atom is -0.489 e. The van der Waals surface area contributed by atoms with E-state index in [4.69, 9.17) is 17.0 Å². The molecule has 4 nitrogen and oxygen atoms in total. The molecule has 0 amide bonds. The first kappa shape index (κ1) is 18.2. The highest BCUT2D eigenvalue weighted by Gasteiger charge is 1.98. The van der Waals surface area contributed by atoms with E-state index < -0.39 is 0 Å². The van der Waals surface area contributed by atoms with Crippen LogP contribution >= 0.6 is 28.1 Å². The minimum absolute atomic E-state index is 0.514. The molecular formula is C18H19BrN3OS+. The average molecular weight is 405 g/mol. The Hall–Kier alpha value is -2.18. The van der Waals surface area contributed by atoms with Gasteiger partial charge in [-0.2, -0.15) is 0 Å². The van der Waals surface area contributed by atoms with Crippen LogP contribution in [0, 0.1) is 0 Å². The van der Waals surface area contributed by atoms with Gasteiger partial charge in [0, 0.05) is 16.6 Å². The summed E-state index contributed by atoms with van der Waals surface area (Å²) in [6.07, 6.45) is 3.56. The van der Waals surface area contributed by atoms with Crippen LogP contribution < -0.4 is 20.6 Å². The van der Waals surface area contributed by atoms with Crippen molar-refractivity contribution >= 4 is 39.5 Å². The van der Waals surface area contributed by atoms with Crippen molar-refractivity contribution in [3.05, 3.63) is 76.8 Å². The smallest absolute Gasteiger partial charge is 0.224 e. The van der Waals surface area contributed by atoms with Gasteiger partial charge in [0.15, 0.2) is 6.21 Å². The number of benzene rings is 2. The fourth-order valence-electron chi connectivity index (χ4n) is 1.80. The molecule has 3 N–H and O–H groups in total. The van der Waals surface area contributed by atoms with Crippen LogP contribution in [0.2, 0.25) is 0 Å². The Kier molecular flexibility index (Phi) is 7.45. The summed E-state index contributed by atoms with van der Waals surface area (Å²) >= 11 is 8.49. The topological polar surface area (TPSA) is 47.3 Å². The Morgan fingerprint density at radius 2 is 1.88 bits per heavy atom. The predicted octanol–water partition coefficient (Wildman–Crippen LogP) is 2.09. The van der Waals surface area contributed by atoms with Crippen LogP contribution in [0.5, 0.6) is 5.75 Å². The van der Waals surface area contributed by atoms with Crippen LogP contribution in [0.15, 0.2) is 65.7 Å². The molecule has 2 aromatic carbocycles. The predicted molar refractivity (Wildman–Crippen MR) is 105 cm³/mol. The van der Waals surface area contributed by atoms with Crippen LogP contribution in [0.3, 0.4) is 0 Å². The third-order valence-electron chi connectivity index (χ3n) is 3.03. The first-order valence-corrected chi connectivity index (χ1v) is 8.58. The molecule has 0 saturated heterocycles. The number of hydrazine groups is 1. The zero-order valence-corrected chi connectivity index (χ0v) is 15.5. The maximum atomic E-state index is 5.77. The fraction of sp³-hybridized carbons (Fsp3) is 0.111. The zero-order chi connectivity index (χ0) is 17.2. The fourth-order valence-corrected chi connectivity index (χ4v) is 2.21. The highest BCUT2D eigenvalue weighted by atomic mass is 79.9. The van der Waals surface area contributed by atoms with E-state index in [1.165, 1.54) is 0 Å². The first-order valence-electron chi connectivity index (χ1n) is 7.38. The van der Waals surface area contributed by atoms with Gasteiger partial charge in [0.2, 0.25) is 5.11 Å².